The number of benzene rings is 7. The molecule has 0 radical (unpaired) electrons. The molecule has 0 saturated carbocycles. The molecule has 10 atom stereocenters. The minimum atomic E-state index is -1.82. The summed E-state index contributed by atoms with van der Waals surface area (Å²) >= 11 is 0. The normalized spacial score (nSPS) is 22.2. The van der Waals surface area contributed by atoms with Crippen LogP contribution in [0.4, 0.5) is 0 Å². The number of aliphatic hydroxyl groups excluding tert-OH is 2. The summed E-state index contributed by atoms with van der Waals surface area (Å²) in [6.07, 6.45) is -8.66. The lowest BCUT2D eigenvalue weighted by atomic mass is 9.97. The number of ether oxygens (including phenoxy) is 11. The van der Waals surface area contributed by atoms with Gasteiger partial charge in [-0.3, -0.25) is 0 Å². The van der Waals surface area contributed by atoms with Gasteiger partial charge >= 0.3 is 0 Å². The van der Waals surface area contributed by atoms with Crippen molar-refractivity contribution < 1.29 is 62.3 Å². The van der Waals surface area contributed by atoms with E-state index in [1.54, 1.807) is 0 Å². The maximum atomic E-state index is 12.5. The highest BCUT2D eigenvalue weighted by atomic mass is 16.7. The Hall–Kier alpha value is -6.56. The molecule has 0 bridgehead atoms. The highest BCUT2D eigenvalue weighted by Crippen LogP contribution is 2.35. The molecule has 0 aliphatic carbocycles. The van der Waals surface area contributed by atoms with E-state index in [1.165, 1.54) is 0 Å². The molecular weight excluding hydrogens is 1010 g/mol. The van der Waals surface area contributed by atoms with Crippen molar-refractivity contribution in [2.45, 2.75) is 127 Å². The topological polar surface area (TPSA) is 142 Å². The third-order valence-electron chi connectivity index (χ3n) is 14.0. The summed E-state index contributed by atoms with van der Waals surface area (Å²) < 4.78 is 73.5. The predicted molar refractivity (Wildman–Crippen MR) is 302 cm³/mol. The zero-order valence-electron chi connectivity index (χ0n) is 45.4. The zero-order chi connectivity index (χ0) is 55.0. The Labute approximate surface area is 470 Å². The highest BCUT2D eigenvalue weighted by Gasteiger charge is 2.50. The minimum absolute atomic E-state index is 0.00629. The third kappa shape index (κ3) is 17.7. The van der Waals surface area contributed by atoms with Crippen LogP contribution in [0.15, 0.2) is 224 Å². The van der Waals surface area contributed by atoms with Crippen molar-refractivity contribution in [3.8, 4) is 0 Å². The summed E-state index contributed by atoms with van der Waals surface area (Å²) in [6, 6.07) is 68.8. The first-order valence-corrected chi connectivity index (χ1v) is 27.6. The Balaban J connectivity index is 1.03. The first-order chi connectivity index (χ1) is 39.4. The summed E-state index contributed by atoms with van der Waals surface area (Å²) in [4.78, 5) is 0. The number of hydrogen-bond acceptors (Lipinski definition) is 13. The van der Waals surface area contributed by atoms with E-state index in [2.05, 4.69) is 0 Å². The van der Waals surface area contributed by atoms with Crippen LogP contribution >= 0.6 is 0 Å². The lowest BCUT2D eigenvalue weighted by Crippen LogP contribution is -2.62. The van der Waals surface area contributed by atoms with E-state index in [0.29, 0.717) is 19.8 Å². The average Bonchev–Trinajstić information content (AvgIpc) is 3.64. The van der Waals surface area contributed by atoms with Gasteiger partial charge in [0.2, 0.25) is 6.29 Å². The van der Waals surface area contributed by atoms with Crippen molar-refractivity contribution in [2.24, 2.45) is 0 Å². The SMILES string of the molecule is CC1OC(OC2C(COCc3ccccc3)OCCC2OC(O)/C(OCc2ccccc2)=C(/O)C(CCOCc2ccccc2)OCc2ccccc2)C(OCc2ccccc2)C(OCc2ccccc2)C1OCc1ccccc1. The second-order valence-corrected chi connectivity index (χ2v) is 20.0. The number of rotatable bonds is 30. The molecule has 2 aliphatic rings. The van der Waals surface area contributed by atoms with Gasteiger partial charge in [0.1, 0.15) is 43.2 Å². The Morgan fingerprint density at radius 3 is 1.43 bits per heavy atom. The molecule has 13 nitrogen and oxygen atoms in total. The van der Waals surface area contributed by atoms with E-state index in [1.807, 2.05) is 219 Å². The van der Waals surface area contributed by atoms with Gasteiger partial charge in [-0.25, -0.2) is 0 Å². The van der Waals surface area contributed by atoms with Crippen molar-refractivity contribution >= 4 is 0 Å². The van der Waals surface area contributed by atoms with Crippen LogP contribution in [0.1, 0.15) is 58.7 Å². The first-order valence-electron chi connectivity index (χ1n) is 27.6. The highest BCUT2D eigenvalue weighted by molar-refractivity contribution is 5.20. The lowest BCUT2D eigenvalue weighted by Gasteiger charge is -2.47. The smallest absolute Gasteiger partial charge is 0.218 e. The molecule has 13 heteroatoms. The summed E-state index contributed by atoms with van der Waals surface area (Å²) in [5.74, 6) is -0.546. The molecule has 0 aromatic heterocycles. The molecule has 80 heavy (non-hydrogen) atoms. The summed E-state index contributed by atoms with van der Waals surface area (Å²) in [7, 11) is 0. The molecule has 2 N–H and O–H groups in total. The van der Waals surface area contributed by atoms with Crippen LogP contribution in [-0.2, 0) is 98.4 Å². The first kappa shape index (κ1) is 58.1. The number of hydrogen-bond donors (Lipinski definition) is 2. The molecule has 0 amide bonds. The fourth-order valence-corrected chi connectivity index (χ4v) is 9.72. The average molecular weight is 1090 g/mol. The Bertz CT molecular complexity index is 2810. The van der Waals surface area contributed by atoms with Crippen LogP contribution in [0, 0.1) is 0 Å². The van der Waals surface area contributed by atoms with Crippen LogP contribution in [0.25, 0.3) is 0 Å². The monoisotopic (exact) mass is 1090 g/mol. The van der Waals surface area contributed by atoms with Crippen molar-refractivity contribution in [3.05, 3.63) is 263 Å². The fourth-order valence-electron chi connectivity index (χ4n) is 9.72. The summed E-state index contributed by atoms with van der Waals surface area (Å²) in [5, 5.41) is 25.0. The maximum absolute atomic E-state index is 12.5. The van der Waals surface area contributed by atoms with Crippen LogP contribution < -0.4 is 0 Å². The predicted octanol–water partition coefficient (Wildman–Crippen LogP) is 11.8. The van der Waals surface area contributed by atoms with E-state index >= 15 is 0 Å². The zero-order valence-corrected chi connectivity index (χ0v) is 45.4. The molecule has 9 rings (SSSR count). The molecule has 2 aliphatic heterocycles. The van der Waals surface area contributed by atoms with Crippen LogP contribution in [-0.4, -0.2) is 91.4 Å². The van der Waals surface area contributed by atoms with Gasteiger partial charge in [0.15, 0.2) is 17.8 Å². The van der Waals surface area contributed by atoms with Gasteiger partial charge in [-0.15, -0.1) is 0 Å². The summed E-state index contributed by atoms with van der Waals surface area (Å²) in [6.45, 7) is 4.13. The molecule has 2 heterocycles. The lowest BCUT2D eigenvalue weighted by molar-refractivity contribution is -0.349. The van der Waals surface area contributed by atoms with Crippen molar-refractivity contribution in [1.29, 1.82) is 0 Å². The van der Waals surface area contributed by atoms with Gasteiger partial charge in [0.25, 0.3) is 0 Å². The van der Waals surface area contributed by atoms with Crippen molar-refractivity contribution in [2.75, 3.05) is 19.8 Å². The summed E-state index contributed by atoms with van der Waals surface area (Å²) in [5.41, 5.74) is 6.61. The second-order valence-electron chi connectivity index (χ2n) is 20.0. The van der Waals surface area contributed by atoms with Gasteiger partial charge in [0.05, 0.1) is 58.5 Å². The molecule has 10 unspecified atom stereocenters. The van der Waals surface area contributed by atoms with Gasteiger partial charge in [-0.1, -0.05) is 212 Å². The molecule has 2 saturated heterocycles. The fraction of sp³-hybridized carbons (Fsp3) is 0.343. The molecule has 7 aromatic rings. The Kier molecular flexibility index (Phi) is 22.8. The third-order valence-corrected chi connectivity index (χ3v) is 14.0. The van der Waals surface area contributed by atoms with E-state index in [-0.39, 0.29) is 70.6 Å². The molecule has 0 spiro atoms. The Morgan fingerprint density at radius 1 is 0.500 bits per heavy atom. The van der Waals surface area contributed by atoms with Crippen LogP contribution in [0.5, 0.6) is 0 Å². The van der Waals surface area contributed by atoms with Gasteiger partial charge in [0, 0.05) is 19.6 Å². The van der Waals surface area contributed by atoms with Crippen molar-refractivity contribution in [3.63, 3.8) is 0 Å². The van der Waals surface area contributed by atoms with E-state index in [9.17, 15) is 10.2 Å². The quantitative estimate of drug-likeness (QED) is 0.0251. The Morgan fingerprint density at radius 2 is 0.925 bits per heavy atom. The van der Waals surface area contributed by atoms with Gasteiger partial charge in [-0.05, 0) is 52.3 Å². The van der Waals surface area contributed by atoms with E-state index < -0.39 is 61.4 Å². The van der Waals surface area contributed by atoms with E-state index in [0.717, 1.165) is 38.9 Å². The van der Waals surface area contributed by atoms with Crippen LogP contribution in [0.2, 0.25) is 0 Å². The molecule has 7 aromatic carbocycles. The van der Waals surface area contributed by atoms with Gasteiger partial charge < -0.3 is 62.3 Å². The maximum Gasteiger partial charge on any atom is 0.218 e. The standard InChI is InChI=1S/C67H74O13/c1-49-61(74-44-53-29-15-5-16-30-53)64(76-46-55-33-19-7-20-34-55)65(77-47-56-35-21-8-22-36-56)67(78-49)80-62-58(38-40-72-59(62)48-71-42-51-25-11-3-12-26-51)79-66(69)63(75-45-54-31-17-6-18-32-54)60(68)57(73-43-52-27-13-4-14-28-52)37-39-70-41-50-23-9-2-10-24-50/h2-36,49,57-59,61-62,64-69H,37-48H2,1H3/b63-60-. The molecular formula is C67H74O13. The minimum Gasteiger partial charge on any atom is -0.506 e. The van der Waals surface area contributed by atoms with E-state index in [4.69, 9.17) is 52.1 Å². The van der Waals surface area contributed by atoms with Gasteiger partial charge in [-0.2, -0.15) is 0 Å². The van der Waals surface area contributed by atoms with Crippen LogP contribution in [0.3, 0.4) is 0 Å². The molecule has 2 fully saturated rings. The number of aliphatic hydroxyl groups is 2. The second kappa shape index (κ2) is 31.4. The molecule has 420 valence electrons. The largest absolute Gasteiger partial charge is 0.506 e. The van der Waals surface area contributed by atoms with Crippen molar-refractivity contribution in [1.82, 2.24) is 0 Å².